The van der Waals surface area contributed by atoms with Gasteiger partial charge in [-0.1, -0.05) is 96.6 Å². The van der Waals surface area contributed by atoms with E-state index in [9.17, 15) is 4.79 Å². The zero-order valence-electron chi connectivity index (χ0n) is 23.9. The molecule has 0 saturated carbocycles. The Morgan fingerprint density at radius 2 is 1.48 bits per heavy atom. The summed E-state index contributed by atoms with van der Waals surface area (Å²) in [5.41, 5.74) is 6.48. The molecule has 6 nitrogen and oxygen atoms in total. The number of carbonyl (C=O) groups is 1. The molecule has 1 fully saturated rings. The van der Waals surface area contributed by atoms with Crippen LogP contribution in [0.25, 0.3) is 0 Å². The molecular formula is C35H34N4O2S. The number of benzene rings is 4. The summed E-state index contributed by atoms with van der Waals surface area (Å²) in [5, 5.41) is 0.478. The van der Waals surface area contributed by atoms with Crippen molar-refractivity contribution in [2.24, 2.45) is 0 Å². The number of aromatic nitrogens is 2. The third kappa shape index (κ3) is 6.43. The zero-order chi connectivity index (χ0) is 28.9. The number of hydrogen-bond donors (Lipinski definition) is 0. The van der Waals surface area contributed by atoms with Crippen LogP contribution in [0.3, 0.4) is 0 Å². The molecule has 0 bridgehead atoms. The van der Waals surface area contributed by atoms with Gasteiger partial charge in [0.25, 0.3) is 11.1 Å². The lowest BCUT2D eigenvalue weighted by Crippen LogP contribution is -2.49. The Morgan fingerprint density at radius 1 is 0.833 bits per heavy atom. The number of amides is 1. The van der Waals surface area contributed by atoms with Crippen molar-refractivity contribution < 1.29 is 9.53 Å². The molecule has 6 rings (SSSR count). The van der Waals surface area contributed by atoms with Crippen molar-refractivity contribution in [1.29, 1.82) is 0 Å². The standard InChI is InChI=1S/C35H34N4O2S/c1-25-13-16-27(17-14-25)23-32-36-35(42-37-32)41-31-24-30(18-15-26(31)2)34(40)39-21-19-38(20-22-39)33(28-9-5-3-6-10-28)29-11-7-4-8-12-29/h3-18,24,33H,19-23H2,1-2H3. The van der Waals surface area contributed by atoms with Crippen LogP contribution < -0.4 is 4.74 Å². The Morgan fingerprint density at radius 3 is 2.12 bits per heavy atom. The molecule has 5 aromatic rings. The average Bonchev–Trinajstić information content (AvgIpc) is 3.47. The first kappa shape index (κ1) is 27.8. The maximum atomic E-state index is 13.6. The SMILES string of the molecule is Cc1ccc(Cc2nsc(Oc3cc(C(=O)N4CCN(C(c5ccccc5)c5ccccc5)CC4)ccc3C)n2)cc1. The molecule has 0 N–H and O–H groups in total. The van der Waals surface area contributed by atoms with Crippen molar-refractivity contribution in [2.45, 2.75) is 26.3 Å². The van der Waals surface area contributed by atoms with Gasteiger partial charge in [-0.25, -0.2) is 0 Å². The lowest BCUT2D eigenvalue weighted by molar-refractivity contribution is 0.0597. The summed E-state index contributed by atoms with van der Waals surface area (Å²) >= 11 is 1.23. The summed E-state index contributed by atoms with van der Waals surface area (Å²) in [7, 11) is 0. The summed E-state index contributed by atoms with van der Waals surface area (Å²) in [5.74, 6) is 1.38. The Labute approximate surface area is 251 Å². The van der Waals surface area contributed by atoms with Gasteiger partial charge in [-0.3, -0.25) is 9.69 Å². The molecule has 212 valence electrons. The Bertz CT molecular complexity index is 1590. The highest BCUT2D eigenvalue weighted by molar-refractivity contribution is 7.07. The molecule has 0 atom stereocenters. The Kier molecular flexibility index (Phi) is 8.40. The van der Waals surface area contributed by atoms with Crippen LogP contribution in [0.2, 0.25) is 0 Å². The third-order valence-electron chi connectivity index (χ3n) is 7.76. The summed E-state index contributed by atoms with van der Waals surface area (Å²) in [6.07, 6.45) is 0.652. The number of aryl methyl sites for hydroxylation is 2. The van der Waals surface area contributed by atoms with Crippen molar-refractivity contribution in [3.63, 3.8) is 0 Å². The van der Waals surface area contributed by atoms with E-state index in [2.05, 4.69) is 106 Å². The number of rotatable bonds is 8. The van der Waals surface area contributed by atoms with E-state index in [1.54, 1.807) is 0 Å². The highest BCUT2D eigenvalue weighted by Gasteiger charge is 2.29. The van der Waals surface area contributed by atoms with Crippen LogP contribution in [0.4, 0.5) is 0 Å². The second kappa shape index (κ2) is 12.7. The van der Waals surface area contributed by atoms with Gasteiger partial charge in [-0.2, -0.15) is 9.36 Å². The average molecular weight is 575 g/mol. The summed E-state index contributed by atoms with van der Waals surface area (Å²) < 4.78 is 10.6. The minimum Gasteiger partial charge on any atom is -0.430 e. The van der Waals surface area contributed by atoms with Gasteiger partial charge in [0.05, 0.1) is 6.04 Å². The summed E-state index contributed by atoms with van der Waals surface area (Å²) in [6.45, 7) is 6.97. The van der Waals surface area contributed by atoms with E-state index in [4.69, 9.17) is 4.74 Å². The highest BCUT2D eigenvalue weighted by atomic mass is 32.1. The van der Waals surface area contributed by atoms with Crippen LogP contribution in [0, 0.1) is 13.8 Å². The molecule has 1 aliphatic rings. The van der Waals surface area contributed by atoms with Crippen LogP contribution in [0.15, 0.2) is 103 Å². The first-order chi connectivity index (χ1) is 20.5. The van der Waals surface area contributed by atoms with Crippen LogP contribution >= 0.6 is 11.5 Å². The Hall–Kier alpha value is -4.33. The van der Waals surface area contributed by atoms with Gasteiger partial charge in [-0.15, -0.1) is 0 Å². The van der Waals surface area contributed by atoms with E-state index in [1.165, 1.54) is 28.2 Å². The Balaban J connectivity index is 1.12. The molecule has 0 spiro atoms. The molecule has 0 radical (unpaired) electrons. The first-order valence-electron chi connectivity index (χ1n) is 14.3. The van der Waals surface area contributed by atoms with Gasteiger partial charge >= 0.3 is 0 Å². The molecule has 1 amide bonds. The minimum absolute atomic E-state index is 0.0211. The molecule has 1 aliphatic heterocycles. The molecule has 1 saturated heterocycles. The van der Waals surface area contributed by atoms with Crippen molar-refractivity contribution in [3.8, 4) is 10.9 Å². The van der Waals surface area contributed by atoms with Gasteiger partial charge in [0, 0.05) is 49.7 Å². The first-order valence-corrected chi connectivity index (χ1v) is 15.1. The number of nitrogens with zero attached hydrogens (tertiary/aromatic N) is 4. The van der Waals surface area contributed by atoms with Gasteiger partial charge < -0.3 is 9.64 Å². The fourth-order valence-electron chi connectivity index (χ4n) is 5.43. The summed E-state index contributed by atoms with van der Waals surface area (Å²) in [4.78, 5) is 22.6. The van der Waals surface area contributed by atoms with Gasteiger partial charge in [0.2, 0.25) is 0 Å². The van der Waals surface area contributed by atoms with Crippen molar-refractivity contribution in [3.05, 3.63) is 142 Å². The van der Waals surface area contributed by atoms with Crippen LogP contribution in [0.1, 0.15) is 50.0 Å². The molecule has 4 aromatic carbocycles. The second-order valence-electron chi connectivity index (χ2n) is 10.8. The second-order valence-corrected chi connectivity index (χ2v) is 11.5. The maximum absolute atomic E-state index is 13.6. The molecule has 2 heterocycles. The number of hydrogen-bond acceptors (Lipinski definition) is 6. The van der Waals surface area contributed by atoms with E-state index in [0.717, 1.165) is 30.0 Å². The number of piperazine rings is 1. The van der Waals surface area contributed by atoms with Crippen LogP contribution in [-0.2, 0) is 6.42 Å². The van der Waals surface area contributed by atoms with Crippen LogP contribution in [-0.4, -0.2) is 51.2 Å². The van der Waals surface area contributed by atoms with E-state index in [1.807, 2.05) is 30.0 Å². The molecular weight excluding hydrogens is 540 g/mol. The predicted octanol–water partition coefficient (Wildman–Crippen LogP) is 7.09. The normalized spacial score (nSPS) is 13.8. The van der Waals surface area contributed by atoms with Gasteiger partial charge in [0.15, 0.2) is 5.82 Å². The smallest absolute Gasteiger partial charge is 0.298 e. The highest BCUT2D eigenvalue weighted by Crippen LogP contribution is 2.31. The quantitative estimate of drug-likeness (QED) is 0.198. The molecule has 7 heteroatoms. The third-order valence-corrected chi connectivity index (χ3v) is 8.39. The fraction of sp³-hybridized carbons (Fsp3) is 0.229. The van der Waals surface area contributed by atoms with Crippen molar-refractivity contribution in [2.75, 3.05) is 26.2 Å². The van der Waals surface area contributed by atoms with Crippen LogP contribution in [0.5, 0.6) is 10.9 Å². The maximum Gasteiger partial charge on any atom is 0.298 e. The minimum atomic E-state index is 0.0211. The number of ether oxygens (including phenoxy) is 1. The lowest BCUT2D eigenvalue weighted by atomic mass is 9.96. The van der Waals surface area contributed by atoms with Crippen molar-refractivity contribution in [1.82, 2.24) is 19.2 Å². The van der Waals surface area contributed by atoms with E-state index in [-0.39, 0.29) is 11.9 Å². The van der Waals surface area contributed by atoms with E-state index in [0.29, 0.717) is 36.0 Å². The predicted molar refractivity (Wildman–Crippen MR) is 167 cm³/mol. The van der Waals surface area contributed by atoms with Gasteiger partial charge in [-0.05, 0) is 48.2 Å². The van der Waals surface area contributed by atoms with E-state index >= 15 is 0 Å². The van der Waals surface area contributed by atoms with Gasteiger partial charge in [0.1, 0.15) is 5.75 Å². The van der Waals surface area contributed by atoms with E-state index < -0.39 is 0 Å². The molecule has 1 aromatic heterocycles. The topological polar surface area (TPSA) is 58.6 Å². The zero-order valence-corrected chi connectivity index (χ0v) is 24.8. The van der Waals surface area contributed by atoms with Crippen molar-refractivity contribution >= 4 is 17.4 Å². The molecule has 0 aliphatic carbocycles. The lowest BCUT2D eigenvalue weighted by Gasteiger charge is -2.39. The molecule has 42 heavy (non-hydrogen) atoms. The summed E-state index contributed by atoms with van der Waals surface area (Å²) in [6, 6.07) is 35.4. The molecule has 0 unspecified atom stereocenters. The number of carbonyl (C=O) groups excluding carboxylic acids is 1. The fourth-order valence-corrected chi connectivity index (χ4v) is 5.99. The monoisotopic (exact) mass is 574 g/mol. The largest absolute Gasteiger partial charge is 0.430 e.